The van der Waals surface area contributed by atoms with E-state index in [1.165, 1.54) is 12.1 Å². The predicted molar refractivity (Wildman–Crippen MR) is 76.7 cm³/mol. The molecule has 1 heterocycles. The second-order valence-electron chi connectivity index (χ2n) is 4.13. The lowest BCUT2D eigenvalue weighted by Gasteiger charge is -2.14. The number of carbonyl (C=O) groups is 2. The number of aliphatic hydroxyl groups is 1. The molecule has 6 nitrogen and oxygen atoms in total. The zero-order chi connectivity index (χ0) is 15.6. The number of carbonyl (C=O) groups excluding carboxylic acids is 2. The number of benzene rings is 1. The molecular weight excluding hydrogens is 317 g/mol. The average Bonchev–Trinajstić information content (AvgIpc) is 2.70. The van der Waals surface area contributed by atoms with E-state index in [2.05, 4.69) is 5.32 Å². The molecule has 2 rings (SSSR count). The van der Waals surface area contributed by atoms with E-state index in [4.69, 9.17) is 33.6 Å². The van der Waals surface area contributed by atoms with E-state index in [1.54, 1.807) is 0 Å². The Bertz CT molecular complexity index is 671. The fourth-order valence-corrected chi connectivity index (χ4v) is 2.38. The van der Waals surface area contributed by atoms with Gasteiger partial charge in [-0.25, -0.2) is 0 Å². The van der Waals surface area contributed by atoms with Crippen molar-refractivity contribution in [3.63, 3.8) is 0 Å². The Balaban J connectivity index is 2.28. The fraction of sp³-hybridized carbons (Fsp3) is 0.154. The van der Waals surface area contributed by atoms with Gasteiger partial charge in [-0.05, 0) is 12.1 Å². The SMILES string of the molecule is N#Cc1cc(Cl)c(NC2=CC(=O)N(CCO)C2=O)c(Cl)c1. The molecule has 0 unspecified atom stereocenters. The first kappa shape index (κ1) is 15.3. The van der Waals surface area contributed by atoms with E-state index in [0.717, 1.165) is 11.0 Å². The van der Waals surface area contributed by atoms with Crippen LogP contribution in [0.15, 0.2) is 23.9 Å². The normalized spacial score (nSPS) is 14.2. The third-order valence-corrected chi connectivity index (χ3v) is 3.36. The summed E-state index contributed by atoms with van der Waals surface area (Å²) in [6.45, 7) is -0.412. The number of rotatable bonds is 4. The molecule has 0 fully saturated rings. The van der Waals surface area contributed by atoms with Crippen LogP contribution in [0.25, 0.3) is 0 Å². The number of imide groups is 1. The predicted octanol–water partition coefficient (Wildman–Crippen LogP) is 1.52. The van der Waals surface area contributed by atoms with Crippen molar-refractivity contribution in [1.82, 2.24) is 4.90 Å². The van der Waals surface area contributed by atoms with Gasteiger partial charge in [0.1, 0.15) is 5.70 Å². The van der Waals surface area contributed by atoms with Gasteiger partial charge in [-0.2, -0.15) is 5.26 Å². The van der Waals surface area contributed by atoms with Gasteiger partial charge in [-0.3, -0.25) is 14.5 Å². The Morgan fingerprint density at radius 1 is 1.29 bits per heavy atom. The summed E-state index contributed by atoms with van der Waals surface area (Å²) in [6, 6.07) is 4.68. The monoisotopic (exact) mass is 325 g/mol. The third-order valence-electron chi connectivity index (χ3n) is 2.76. The van der Waals surface area contributed by atoms with Gasteiger partial charge >= 0.3 is 0 Å². The summed E-state index contributed by atoms with van der Waals surface area (Å²) in [7, 11) is 0. The van der Waals surface area contributed by atoms with Crippen LogP contribution in [0.3, 0.4) is 0 Å². The number of nitrogens with zero attached hydrogens (tertiary/aromatic N) is 2. The number of halogens is 2. The van der Waals surface area contributed by atoms with Crippen LogP contribution >= 0.6 is 23.2 Å². The number of β-amino-alcohol motifs (C(OH)–C–C–N with tert-alkyl or cyclic N) is 1. The van der Waals surface area contributed by atoms with Gasteiger partial charge in [0.25, 0.3) is 11.8 Å². The van der Waals surface area contributed by atoms with E-state index in [0.29, 0.717) is 0 Å². The van der Waals surface area contributed by atoms with Crippen LogP contribution in [0.5, 0.6) is 0 Å². The highest BCUT2D eigenvalue weighted by molar-refractivity contribution is 6.39. The molecule has 0 bridgehead atoms. The molecule has 2 amide bonds. The fourth-order valence-electron chi connectivity index (χ4n) is 1.80. The molecule has 108 valence electrons. The number of amides is 2. The average molecular weight is 326 g/mol. The zero-order valence-corrected chi connectivity index (χ0v) is 12.1. The molecule has 0 aliphatic carbocycles. The molecule has 0 spiro atoms. The van der Waals surface area contributed by atoms with Gasteiger partial charge < -0.3 is 10.4 Å². The summed E-state index contributed by atoms with van der Waals surface area (Å²) in [6.07, 6.45) is 1.10. The van der Waals surface area contributed by atoms with Crippen molar-refractivity contribution in [2.75, 3.05) is 18.5 Å². The van der Waals surface area contributed by atoms with Crippen LogP contribution < -0.4 is 5.32 Å². The maximum absolute atomic E-state index is 12.0. The van der Waals surface area contributed by atoms with Gasteiger partial charge in [0.2, 0.25) is 0 Å². The second-order valence-corrected chi connectivity index (χ2v) is 4.94. The molecule has 0 radical (unpaired) electrons. The Kier molecular flexibility index (Phi) is 4.48. The van der Waals surface area contributed by atoms with Crippen molar-refractivity contribution >= 4 is 40.7 Å². The van der Waals surface area contributed by atoms with E-state index >= 15 is 0 Å². The number of nitrogens with one attached hydrogen (secondary N) is 1. The summed E-state index contributed by atoms with van der Waals surface area (Å²) in [5, 5.41) is 20.6. The molecule has 0 atom stereocenters. The first-order valence-electron chi connectivity index (χ1n) is 5.82. The number of hydrogen-bond acceptors (Lipinski definition) is 5. The van der Waals surface area contributed by atoms with E-state index < -0.39 is 11.8 Å². The summed E-state index contributed by atoms with van der Waals surface area (Å²) < 4.78 is 0. The molecule has 1 aliphatic heterocycles. The van der Waals surface area contributed by atoms with Crippen LogP contribution in [0, 0.1) is 11.3 Å². The minimum absolute atomic E-state index is 0.00181. The summed E-state index contributed by atoms with van der Waals surface area (Å²) >= 11 is 12.0. The topological polar surface area (TPSA) is 93.4 Å². The van der Waals surface area contributed by atoms with Crippen molar-refractivity contribution < 1.29 is 14.7 Å². The lowest BCUT2D eigenvalue weighted by molar-refractivity contribution is -0.137. The van der Waals surface area contributed by atoms with Crippen molar-refractivity contribution in [3.8, 4) is 6.07 Å². The minimum atomic E-state index is -0.578. The quantitative estimate of drug-likeness (QED) is 0.818. The largest absolute Gasteiger partial charge is 0.395 e. The Hall–Kier alpha value is -2.07. The van der Waals surface area contributed by atoms with Gasteiger partial charge in [0.15, 0.2) is 0 Å². The van der Waals surface area contributed by atoms with Crippen molar-refractivity contribution in [2.24, 2.45) is 0 Å². The number of anilines is 1. The Morgan fingerprint density at radius 2 is 1.90 bits per heavy atom. The lowest BCUT2D eigenvalue weighted by atomic mass is 10.2. The van der Waals surface area contributed by atoms with Gasteiger partial charge in [-0.1, -0.05) is 23.2 Å². The Morgan fingerprint density at radius 3 is 2.43 bits per heavy atom. The molecule has 0 aromatic heterocycles. The standard InChI is InChI=1S/C13H9Cl2N3O3/c14-8-3-7(6-16)4-9(15)12(8)17-10-5-11(20)18(1-2-19)13(10)21/h3-5,17,19H,1-2H2. The smallest absolute Gasteiger partial charge is 0.277 e. The summed E-state index contributed by atoms with van der Waals surface area (Å²) in [5.41, 5.74) is 0.512. The molecule has 0 saturated carbocycles. The van der Waals surface area contributed by atoms with Crippen molar-refractivity contribution in [2.45, 2.75) is 0 Å². The van der Waals surface area contributed by atoms with Gasteiger partial charge in [-0.15, -0.1) is 0 Å². The third kappa shape index (κ3) is 3.00. The Labute approximate surface area is 130 Å². The molecule has 1 aliphatic rings. The van der Waals surface area contributed by atoms with Crippen molar-refractivity contribution in [1.29, 1.82) is 5.26 Å². The van der Waals surface area contributed by atoms with E-state index in [-0.39, 0.29) is 40.1 Å². The summed E-state index contributed by atoms with van der Waals surface area (Å²) in [4.78, 5) is 24.5. The van der Waals surface area contributed by atoms with Crippen LogP contribution in [0.1, 0.15) is 5.56 Å². The highest BCUT2D eigenvalue weighted by atomic mass is 35.5. The van der Waals surface area contributed by atoms with Crippen molar-refractivity contribution in [3.05, 3.63) is 39.5 Å². The van der Waals surface area contributed by atoms with Crippen LogP contribution in [0.2, 0.25) is 10.0 Å². The number of hydrogen-bond donors (Lipinski definition) is 2. The number of aliphatic hydroxyl groups excluding tert-OH is 1. The molecule has 1 aromatic rings. The van der Waals surface area contributed by atoms with Crippen LogP contribution in [-0.4, -0.2) is 35.0 Å². The molecule has 0 saturated heterocycles. The molecule has 21 heavy (non-hydrogen) atoms. The highest BCUT2D eigenvalue weighted by Gasteiger charge is 2.31. The zero-order valence-electron chi connectivity index (χ0n) is 10.6. The highest BCUT2D eigenvalue weighted by Crippen LogP contribution is 2.33. The maximum atomic E-state index is 12.0. The summed E-state index contributed by atoms with van der Waals surface area (Å²) in [5.74, 6) is -1.11. The van der Waals surface area contributed by atoms with Gasteiger partial charge in [0, 0.05) is 6.08 Å². The molecular formula is C13H9Cl2N3O3. The first-order chi connectivity index (χ1) is 9.97. The molecule has 8 heteroatoms. The van der Waals surface area contributed by atoms with Crippen LogP contribution in [0.4, 0.5) is 5.69 Å². The minimum Gasteiger partial charge on any atom is -0.395 e. The van der Waals surface area contributed by atoms with Gasteiger partial charge in [0.05, 0.1) is 40.5 Å². The van der Waals surface area contributed by atoms with Crippen LogP contribution in [-0.2, 0) is 9.59 Å². The first-order valence-corrected chi connectivity index (χ1v) is 6.58. The lowest BCUT2D eigenvalue weighted by Crippen LogP contribution is -2.34. The maximum Gasteiger partial charge on any atom is 0.277 e. The molecule has 1 aromatic carbocycles. The second kappa shape index (κ2) is 6.14. The van der Waals surface area contributed by atoms with E-state index in [9.17, 15) is 9.59 Å². The molecule has 2 N–H and O–H groups in total. The van der Waals surface area contributed by atoms with E-state index in [1.807, 2.05) is 6.07 Å². The number of nitriles is 1.